The third-order valence-corrected chi connectivity index (χ3v) is 8.23. The van der Waals surface area contributed by atoms with Crippen LogP contribution in [0.15, 0.2) is 66.7 Å². The molecule has 0 radical (unpaired) electrons. The van der Waals surface area contributed by atoms with Gasteiger partial charge in [-0.25, -0.2) is 14.2 Å². The van der Waals surface area contributed by atoms with Crippen LogP contribution in [0.2, 0.25) is 0 Å². The van der Waals surface area contributed by atoms with Crippen LogP contribution in [-0.2, 0) is 6.54 Å². The summed E-state index contributed by atoms with van der Waals surface area (Å²) in [6.07, 6.45) is 3.93. The number of nitrogens with one attached hydrogen (secondary N) is 2. The van der Waals surface area contributed by atoms with Crippen molar-refractivity contribution < 1.29 is 19.1 Å². The van der Waals surface area contributed by atoms with E-state index in [-0.39, 0.29) is 17.3 Å². The van der Waals surface area contributed by atoms with E-state index in [1.54, 1.807) is 24.3 Å². The zero-order valence-electron chi connectivity index (χ0n) is 23.0. The van der Waals surface area contributed by atoms with Crippen molar-refractivity contribution in [3.05, 3.63) is 106 Å². The van der Waals surface area contributed by atoms with Gasteiger partial charge in [-0.15, -0.1) is 0 Å². The molecule has 3 aromatic carbocycles. The van der Waals surface area contributed by atoms with Crippen molar-refractivity contribution >= 4 is 17.6 Å². The van der Waals surface area contributed by atoms with E-state index in [9.17, 15) is 14.0 Å². The number of anilines is 1. The molecule has 0 unspecified atom stereocenters. The number of hydrogen-bond acceptors (Lipinski definition) is 4. The van der Waals surface area contributed by atoms with E-state index in [2.05, 4.69) is 10.3 Å². The predicted molar refractivity (Wildman–Crippen MR) is 156 cm³/mol. The second-order valence-electron chi connectivity index (χ2n) is 11.1. The lowest BCUT2D eigenvalue weighted by Gasteiger charge is -2.32. The third-order valence-electron chi connectivity index (χ3n) is 8.23. The van der Waals surface area contributed by atoms with Crippen LogP contribution in [0.5, 0.6) is 0 Å². The molecule has 1 aromatic heterocycles. The molecule has 210 valence electrons. The second kappa shape index (κ2) is 11.2. The van der Waals surface area contributed by atoms with Gasteiger partial charge in [-0.2, -0.15) is 0 Å². The number of carboxylic acids is 1. The zero-order valence-corrected chi connectivity index (χ0v) is 23.0. The van der Waals surface area contributed by atoms with Crippen LogP contribution in [0.25, 0.3) is 11.3 Å². The first kappa shape index (κ1) is 26.7. The van der Waals surface area contributed by atoms with Gasteiger partial charge in [-0.05, 0) is 98.2 Å². The zero-order chi connectivity index (χ0) is 28.5. The van der Waals surface area contributed by atoms with Crippen LogP contribution in [0, 0.1) is 12.7 Å². The van der Waals surface area contributed by atoms with E-state index in [4.69, 9.17) is 10.1 Å². The molecule has 41 heavy (non-hydrogen) atoms. The van der Waals surface area contributed by atoms with Gasteiger partial charge in [0.25, 0.3) is 5.91 Å². The van der Waals surface area contributed by atoms with E-state index < -0.39 is 5.97 Å². The van der Waals surface area contributed by atoms with E-state index in [1.807, 2.05) is 42.2 Å². The number of benzene rings is 3. The number of piperidine rings is 1. The summed E-state index contributed by atoms with van der Waals surface area (Å²) in [5, 5.41) is 12.6. The molecule has 7 nitrogen and oxygen atoms in total. The van der Waals surface area contributed by atoms with Crippen LogP contribution in [-0.4, -0.2) is 44.9 Å². The van der Waals surface area contributed by atoms with E-state index in [0.717, 1.165) is 65.3 Å². The molecular weight excluding hydrogens is 519 g/mol. The van der Waals surface area contributed by atoms with Crippen molar-refractivity contribution in [3.8, 4) is 11.3 Å². The van der Waals surface area contributed by atoms with Crippen molar-refractivity contribution in [1.29, 1.82) is 0 Å². The van der Waals surface area contributed by atoms with Gasteiger partial charge in [-0.1, -0.05) is 18.2 Å². The van der Waals surface area contributed by atoms with Crippen LogP contribution in [0.3, 0.4) is 0 Å². The normalized spacial score (nSPS) is 15.6. The molecule has 6 rings (SSSR count). The molecule has 3 N–H and O–H groups in total. The summed E-state index contributed by atoms with van der Waals surface area (Å²) in [5.41, 5.74) is 6.49. The number of carbonyl (C=O) groups excluding carboxylic acids is 1. The molecule has 1 aliphatic heterocycles. The fourth-order valence-corrected chi connectivity index (χ4v) is 5.59. The first-order chi connectivity index (χ1) is 19.9. The lowest BCUT2D eigenvalue weighted by Crippen LogP contribution is -2.38. The highest BCUT2D eigenvalue weighted by Gasteiger charge is 2.29. The number of amides is 1. The average Bonchev–Trinajstić information content (AvgIpc) is 3.76. The smallest absolute Gasteiger partial charge is 0.335 e. The van der Waals surface area contributed by atoms with E-state index in [1.165, 1.54) is 12.1 Å². The Balaban J connectivity index is 1.13. The predicted octanol–water partition coefficient (Wildman–Crippen LogP) is 6.73. The maximum absolute atomic E-state index is 13.5. The minimum absolute atomic E-state index is 0.0235. The number of aromatic carboxylic acids is 1. The van der Waals surface area contributed by atoms with Gasteiger partial charge < -0.3 is 20.3 Å². The van der Waals surface area contributed by atoms with Crippen molar-refractivity contribution in [1.82, 2.24) is 14.9 Å². The van der Waals surface area contributed by atoms with Gasteiger partial charge >= 0.3 is 5.97 Å². The Bertz CT molecular complexity index is 1570. The minimum Gasteiger partial charge on any atom is -0.478 e. The summed E-state index contributed by atoms with van der Waals surface area (Å²) in [5.74, 6) is 0.560. The van der Waals surface area contributed by atoms with E-state index in [0.29, 0.717) is 37.0 Å². The number of carboxylic acid groups (broad SMARTS) is 1. The SMILES string of the molecule is Cc1ccc(NCc2[nH]c(C3CC3)nc2-c2ccc(F)cc2)cc1C(=O)N1CCC(c2ccc(C(=O)O)cc2)CC1. The van der Waals surface area contributed by atoms with Crippen molar-refractivity contribution in [2.45, 2.75) is 51.0 Å². The largest absolute Gasteiger partial charge is 0.478 e. The van der Waals surface area contributed by atoms with Crippen molar-refractivity contribution in [2.75, 3.05) is 18.4 Å². The van der Waals surface area contributed by atoms with Crippen molar-refractivity contribution in [3.63, 3.8) is 0 Å². The number of H-pyrrole nitrogens is 1. The average molecular weight is 553 g/mol. The molecular formula is C33H33FN4O3. The molecule has 1 saturated heterocycles. The highest BCUT2D eigenvalue weighted by molar-refractivity contribution is 5.96. The number of aromatic amines is 1. The minimum atomic E-state index is -0.926. The Morgan fingerprint density at radius 2 is 1.68 bits per heavy atom. The molecule has 2 fully saturated rings. The lowest BCUT2D eigenvalue weighted by molar-refractivity contribution is 0.0691. The topological polar surface area (TPSA) is 98.3 Å². The number of aryl methyl sites for hydroxylation is 1. The summed E-state index contributed by atoms with van der Waals surface area (Å²) in [6.45, 7) is 3.76. The van der Waals surface area contributed by atoms with E-state index >= 15 is 0 Å². The number of imidazole rings is 1. The van der Waals surface area contributed by atoms with Gasteiger partial charge in [-0.3, -0.25) is 4.79 Å². The number of likely N-dealkylation sites (tertiary alicyclic amines) is 1. The Kier molecular flexibility index (Phi) is 7.30. The summed E-state index contributed by atoms with van der Waals surface area (Å²) < 4.78 is 13.5. The van der Waals surface area contributed by atoms with Crippen LogP contribution >= 0.6 is 0 Å². The Hall–Kier alpha value is -4.46. The monoisotopic (exact) mass is 552 g/mol. The molecule has 8 heteroatoms. The standard InChI is InChI=1S/C33H33FN4O3/c1-20-2-13-27(35-19-29-30(23-9-11-26(34)12-10-23)37-31(36-29)24-5-6-24)18-28(20)32(39)38-16-14-22(15-17-38)21-3-7-25(8-4-21)33(40)41/h2-4,7-13,18,22,24,35H,5-6,14-17,19H2,1H3,(H,36,37)(H,40,41). The molecule has 2 aliphatic rings. The lowest BCUT2D eigenvalue weighted by atomic mass is 9.88. The summed E-state index contributed by atoms with van der Waals surface area (Å²) in [4.78, 5) is 34.9. The highest BCUT2D eigenvalue weighted by Crippen LogP contribution is 2.40. The summed E-state index contributed by atoms with van der Waals surface area (Å²) in [6, 6.07) is 19.4. The Labute approximate surface area is 238 Å². The first-order valence-corrected chi connectivity index (χ1v) is 14.2. The summed E-state index contributed by atoms with van der Waals surface area (Å²) >= 11 is 0. The first-order valence-electron chi connectivity index (χ1n) is 14.2. The fraction of sp³-hybridized carbons (Fsp3) is 0.303. The quantitative estimate of drug-likeness (QED) is 0.225. The number of nitrogens with zero attached hydrogens (tertiary/aromatic N) is 2. The van der Waals surface area contributed by atoms with Crippen LogP contribution in [0.4, 0.5) is 10.1 Å². The third kappa shape index (κ3) is 5.87. The van der Waals surface area contributed by atoms with Gasteiger partial charge in [0.05, 0.1) is 23.5 Å². The van der Waals surface area contributed by atoms with Crippen LogP contribution in [0.1, 0.15) is 80.9 Å². The second-order valence-corrected chi connectivity index (χ2v) is 11.1. The molecule has 1 aliphatic carbocycles. The van der Waals surface area contributed by atoms with Crippen LogP contribution < -0.4 is 5.32 Å². The highest BCUT2D eigenvalue weighted by atomic mass is 19.1. The number of aromatic nitrogens is 2. The van der Waals surface area contributed by atoms with Gasteiger partial charge in [0.2, 0.25) is 0 Å². The molecule has 1 saturated carbocycles. The van der Waals surface area contributed by atoms with Gasteiger partial charge in [0.15, 0.2) is 0 Å². The number of rotatable bonds is 8. The maximum atomic E-state index is 13.5. The molecule has 0 spiro atoms. The number of carbonyl (C=O) groups is 2. The Morgan fingerprint density at radius 3 is 2.34 bits per heavy atom. The maximum Gasteiger partial charge on any atom is 0.335 e. The Morgan fingerprint density at radius 1 is 0.976 bits per heavy atom. The van der Waals surface area contributed by atoms with Gasteiger partial charge in [0, 0.05) is 35.8 Å². The van der Waals surface area contributed by atoms with Gasteiger partial charge in [0.1, 0.15) is 11.6 Å². The molecule has 4 aromatic rings. The molecule has 1 amide bonds. The molecule has 0 bridgehead atoms. The van der Waals surface area contributed by atoms with Crippen molar-refractivity contribution in [2.24, 2.45) is 0 Å². The number of hydrogen-bond donors (Lipinski definition) is 3. The molecule has 2 heterocycles. The summed E-state index contributed by atoms with van der Waals surface area (Å²) in [7, 11) is 0. The number of halogens is 1. The fourth-order valence-electron chi connectivity index (χ4n) is 5.59. The molecule has 0 atom stereocenters.